The maximum Gasteiger partial charge on any atom is 0.161 e. The molecule has 21 heavy (non-hydrogen) atoms. The highest BCUT2D eigenvalue weighted by atomic mass is 32.2. The normalized spacial score (nSPS) is 19.7. The molecule has 2 nitrogen and oxygen atoms in total. The van der Waals surface area contributed by atoms with E-state index in [2.05, 4.69) is 59.7 Å². The van der Waals surface area contributed by atoms with Crippen molar-refractivity contribution in [1.29, 1.82) is 0 Å². The summed E-state index contributed by atoms with van der Waals surface area (Å²) in [5.41, 5.74) is 6.77. The van der Waals surface area contributed by atoms with Crippen molar-refractivity contribution >= 4 is 22.6 Å². The minimum Gasteiger partial charge on any atom is -0.335 e. The van der Waals surface area contributed by atoms with Gasteiger partial charge in [-0.3, -0.25) is 4.99 Å². The molecule has 2 aromatic carbocycles. The van der Waals surface area contributed by atoms with E-state index < -0.39 is 0 Å². The van der Waals surface area contributed by atoms with Crippen LogP contribution in [-0.2, 0) is 6.42 Å². The van der Waals surface area contributed by atoms with Crippen LogP contribution < -0.4 is 5.32 Å². The Morgan fingerprint density at radius 2 is 1.95 bits per heavy atom. The first-order chi connectivity index (χ1) is 10.3. The van der Waals surface area contributed by atoms with Gasteiger partial charge in [0.05, 0.1) is 0 Å². The smallest absolute Gasteiger partial charge is 0.161 e. The Bertz CT molecular complexity index is 721. The Labute approximate surface area is 129 Å². The molecule has 1 atom stereocenters. The molecular weight excluding hydrogens is 276 g/mol. The van der Waals surface area contributed by atoms with Crippen LogP contribution in [0.5, 0.6) is 0 Å². The van der Waals surface area contributed by atoms with Gasteiger partial charge < -0.3 is 5.32 Å². The number of thioether (sulfide) groups is 1. The molecule has 106 valence electrons. The number of rotatable bonds is 1. The van der Waals surface area contributed by atoms with Gasteiger partial charge in [-0.05, 0) is 46.7 Å². The highest BCUT2D eigenvalue weighted by Crippen LogP contribution is 2.37. The predicted molar refractivity (Wildman–Crippen MR) is 92.2 cm³/mol. The molecule has 1 heterocycles. The molecule has 1 unspecified atom stereocenters. The van der Waals surface area contributed by atoms with Gasteiger partial charge >= 0.3 is 0 Å². The van der Waals surface area contributed by atoms with Crippen LogP contribution in [0.25, 0.3) is 11.1 Å². The zero-order valence-corrected chi connectivity index (χ0v) is 12.9. The molecule has 4 rings (SSSR count). The Balaban J connectivity index is 1.59. The maximum absolute atomic E-state index is 4.61. The Morgan fingerprint density at radius 3 is 2.81 bits per heavy atom. The summed E-state index contributed by atoms with van der Waals surface area (Å²) >= 11 is 1.83. The van der Waals surface area contributed by atoms with E-state index in [0.717, 1.165) is 29.6 Å². The van der Waals surface area contributed by atoms with E-state index in [1.54, 1.807) is 0 Å². The van der Waals surface area contributed by atoms with Crippen molar-refractivity contribution in [3.05, 3.63) is 53.6 Å². The van der Waals surface area contributed by atoms with Crippen molar-refractivity contribution in [2.24, 2.45) is 10.9 Å². The van der Waals surface area contributed by atoms with Gasteiger partial charge in [-0.1, -0.05) is 49.0 Å². The fourth-order valence-corrected chi connectivity index (χ4v) is 3.88. The first-order valence-corrected chi connectivity index (χ1v) is 8.43. The van der Waals surface area contributed by atoms with Gasteiger partial charge in [-0.15, -0.1) is 0 Å². The van der Waals surface area contributed by atoms with Crippen LogP contribution in [0.3, 0.4) is 0 Å². The zero-order valence-electron chi connectivity index (χ0n) is 12.1. The van der Waals surface area contributed by atoms with Crippen molar-refractivity contribution < 1.29 is 0 Å². The summed E-state index contributed by atoms with van der Waals surface area (Å²) in [5, 5.41) is 4.53. The average Bonchev–Trinajstić information content (AvgIpc) is 2.87. The van der Waals surface area contributed by atoms with Crippen LogP contribution in [0, 0.1) is 5.92 Å². The van der Waals surface area contributed by atoms with Crippen molar-refractivity contribution in [1.82, 2.24) is 0 Å². The van der Waals surface area contributed by atoms with Crippen molar-refractivity contribution in [3.63, 3.8) is 0 Å². The van der Waals surface area contributed by atoms with Gasteiger partial charge in [0.25, 0.3) is 0 Å². The minimum atomic E-state index is 0.690. The lowest BCUT2D eigenvalue weighted by molar-refractivity contribution is 0.674. The molecule has 1 N–H and O–H groups in total. The molecule has 0 bridgehead atoms. The minimum absolute atomic E-state index is 0.690. The molecule has 0 amide bonds. The van der Waals surface area contributed by atoms with Crippen LogP contribution in [0.15, 0.2) is 47.5 Å². The summed E-state index contributed by atoms with van der Waals surface area (Å²) in [7, 11) is 0. The van der Waals surface area contributed by atoms with Crippen LogP contribution in [0.2, 0.25) is 0 Å². The number of nitrogens with zero attached hydrogens (tertiary/aromatic N) is 1. The summed E-state index contributed by atoms with van der Waals surface area (Å²) in [6.45, 7) is 3.19. The molecule has 2 aromatic rings. The van der Waals surface area contributed by atoms with E-state index in [0.29, 0.717) is 5.92 Å². The lowest BCUT2D eigenvalue weighted by Crippen LogP contribution is -2.18. The third-order valence-corrected chi connectivity index (χ3v) is 5.34. The number of aliphatic imine (C=N–C) groups is 1. The number of hydrogen-bond donors (Lipinski definition) is 1. The third kappa shape index (κ3) is 2.46. The molecule has 0 spiro atoms. The zero-order chi connectivity index (χ0) is 14.2. The first kappa shape index (κ1) is 13.0. The van der Waals surface area contributed by atoms with Crippen molar-refractivity contribution in [2.75, 3.05) is 17.6 Å². The van der Waals surface area contributed by atoms with Gasteiger partial charge in [0.2, 0.25) is 0 Å². The molecule has 0 aromatic heterocycles. The molecular formula is C18H18N2S. The molecule has 1 aliphatic carbocycles. The maximum atomic E-state index is 4.61. The van der Waals surface area contributed by atoms with Crippen molar-refractivity contribution in [3.8, 4) is 11.1 Å². The van der Waals surface area contributed by atoms with E-state index in [-0.39, 0.29) is 0 Å². The largest absolute Gasteiger partial charge is 0.335 e. The second kappa shape index (κ2) is 5.23. The second-order valence-corrected chi connectivity index (χ2v) is 6.90. The number of hydrogen-bond acceptors (Lipinski definition) is 3. The van der Waals surface area contributed by atoms with Crippen molar-refractivity contribution in [2.45, 2.75) is 13.3 Å². The molecule has 0 saturated carbocycles. The summed E-state index contributed by atoms with van der Waals surface area (Å²) < 4.78 is 0. The lowest BCUT2D eigenvalue weighted by atomic mass is 10.1. The number of fused-ring (bicyclic) bond motifs is 3. The van der Waals surface area contributed by atoms with Crippen LogP contribution in [0.4, 0.5) is 5.69 Å². The van der Waals surface area contributed by atoms with Crippen LogP contribution in [0.1, 0.15) is 18.1 Å². The van der Waals surface area contributed by atoms with Gasteiger partial charge in [0.15, 0.2) is 5.17 Å². The predicted octanol–water partition coefficient (Wildman–Crippen LogP) is 4.41. The molecule has 0 fully saturated rings. The quantitative estimate of drug-likeness (QED) is 0.719. The Hall–Kier alpha value is -1.74. The number of benzene rings is 2. The SMILES string of the molecule is CC1CN=C(Nc2ccc3c(c2)Cc2ccccc2-3)SC1. The summed E-state index contributed by atoms with van der Waals surface area (Å²) in [5.74, 6) is 1.84. The molecule has 2 aliphatic rings. The summed E-state index contributed by atoms with van der Waals surface area (Å²) in [4.78, 5) is 4.61. The molecule has 0 radical (unpaired) electrons. The van der Waals surface area contributed by atoms with Gasteiger partial charge in [-0.2, -0.15) is 0 Å². The number of amidine groups is 1. The highest BCUT2D eigenvalue weighted by Gasteiger charge is 2.18. The Kier molecular flexibility index (Phi) is 3.23. The molecule has 3 heteroatoms. The first-order valence-electron chi connectivity index (χ1n) is 7.45. The number of anilines is 1. The molecule has 0 saturated heterocycles. The number of nitrogens with one attached hydrogen (secondary N) is 1. The monoisotopic (exact) mass is 294 g/mol. The van der Waals surface area contributed by atoms with E-state index in [1.165, 1.54) is 22.3 Å². The lowest BCUT2D eigenvalue weighted by Gasteiger charge is -2.18. The van der Waals surface area contributed by atoms with E-state index >= 15 is 0 Å². The second-order valence-electron chi connectivity index (χ2n) is 5.89. The average molecular weight is 294 g/mol. The Morgan fingerprint density at radius 1 is 1.10 bits per heavy atom. The highest BCUT2D eigenvalue weighted by molar-refractivity contribution is 8.14. The fraction of sp³-hybridized carbons (Fsp3) is 0.278. The van der Waals surface area contributed by atoms with Gasteiger partial charge in [0.1, 0.15) is 0 Å². The summed E-state index contributed by atoms with van der Waals surface area (Å²) in [6, 6.07) is 15.4. The topological polar surface area (TPSA) is 24.4 Å². The van der Waals surface area contributed by atoms with E-state index in [9.17, 15) is 0 Å². The van der Waals surface area contributed by atoms with Crippen LogP contribution in [-0.4, -0.2) is 17.5 Å². The standard InChI is InChI=1S/C18H18N2S/c1-12-10-19-18(21-11-12)20-15-6-7-17-14(9-15)8-13-4-2-3-5-16(13)17/h2-7,9,12H,8,10-11H2,1H3,(H,19,20). The molecule has 1 aliphatic heterocycles. The van der Waals surface area contributed by atoms with E-state index in [1.807, 2.05) is 11.8 Å². The summed E-state index contributed by atoms with van der Waals surface area (Å²) in [6.07, 6.45) is 1.04. The van der Waals surface area contributed by atoms with E-state index in [4.69, 9.17) is 0 Å². The van der Waals surface area contributed by atoms with Gasteiger partial charge in [0, 0.05) is 18.0 Å². The fourth-order valence-electron chi connectivity index (χ4n) is 2.98. The third-order valence-electron chi connectivity index (χ3n) is 4.10. The van der Waals surface area contributed by atoms with Gasteiger partial charge in [-0.25, -0.2) is 0 Å². The van der Waals surface area contributed by atoms with Crippen LogP contribution >= 0.6 is 11.8 Å².